The Bertz CT molecular complexity index is 530. The fourth-order valence-electron chi connectivity index (χ4n) is 1.12. The molecule has 0 saturated heterocycles. The molecule has 0 heterocycles. The summed E-state index contributed by atoms with van der Waals surface area (Å²) >= 11 is 5.75. The summed E-state index contributed by atoms with van der Waals surface area (Å²) in [5.74, 6) is -1.29. The highest BCUT2D eigenvalue weighted by Gasteiger charge is 2.18. The quantitative estimate of drug-likeness (QED) is 0.475. The average molecular weight is 287 g/mol. The molecule has 102 valence electrons. The molecule has 1 aromatic rings. The smallest absolute Gasteiger partial charge is 0.340 e. The molecule has 0 spiro atoms. The van der Waals surface area contributed by atoms with E-state index in [1.165, 1.54) is 31.1 Å². The van der Waals surface area contributed by atoms with Crippen molar-refractivity contribution in [3.05, 3.63) is 38.9 Å². The summed E-state index contributed by atoms with van der Waals surface area (Å²) in [7, 11) is 3.02. The second-order valence-corrected chi connectivity index (χ2v) is 4.19. The maximum Gasteiger partial charge on any atom is 0.340 e. The Morgan fingerprint density at radius 3 is 2.58 bits per heavy atom. The summed E-state index contributed by atoms with van der Waals surface area (Å²) in [6.07, 6.45) is 0. The first-order chi connectivity index (χ1) is 8.82. The highest BCUT2D eigenvalue weighted by molar-refractivity contribution is 6.33. The molecule has 1 amide bonds. The van der Waals surface area contributed by atoms with Gasteiger partial charge in [-0.2, -0.15) is 0 Å². The number of hydrogen-bond donors (Lipinski definition) is 0. The third-order valence-electron chi connectivity index (χ3n) is 2.21. The topological polar surface area (TPSA) is 89.8 Å². The zero-order chi connectivity index (χ0) is 14.6. The van der Waals surface area contributed by atoms with Gasteiger partial charge in [0.1, 0.15) is 0 Å². The van der Waals surface area contributed by atoms with E-state index < -0.39 is 23.4 Å². The number of ether oxygens (including phenoxy) is 1. The Labute approximate surface area is 113 Å². The highest BCUT2D eigenvalue weighted by Crippen LogP contribution is 2.22. The first-order valence-electron chi connectivity index (χ1n) is 5.14. The molecule has 0 aliphatic rings. The van der Waals surface area contributed by atoms with E-state index in [4.69, 9.17) is 16.3 Å². The zero-order valence-corrected chi connectivity index (χ0v) is 11.0. The monoisotopic (exact) mass is 286 g/mol. The van der Waals surface area contributed by atoms with Crippen molar-refractivity contribution >= 4 is 29.2 Å². The van der Waals surface area contributed by atoms with Gasteiger partial charge in [-0.15, -0.1) is 0 Å². The number of rotatable bonds is 4. The molecule has 0 N–H and O–H groups in total. The molecule has 0 aliphatic heterocycles. The number of nitro benzene ring substituents is 1. The van der Waals surface area contributed by atoms with Gasteiger partial charge in [-0.25, -0.2) is 4.79 Å². The predicted octanol–water partition coefficient (Wildman–Crippen LogP) is 1.49. The number of nitro groups is 1. The van der Waals surface area contributed by atoms with E-state index >= 15 is 0 Å². The first kappa shape index (κ1) is 14.9. The summed E-state index contributed by atoms with van der Waals surface area (Å²) in [6, 6.07) is 3.40. The Balaban J connectivity index is 2.84. The second kappa shape index (κ2) is 6.14. The Morgan fingerprint density at radius 1 is 1.42 bits per heavy atom. The van der Waals surface area contributed by atoms with Gasteiger partial charge in [-0.1, -0.05) is 11.6 Å². The molecule has 0 aliphatic carbocycles. The van der Waals surface area contributed by atoms with Gasteiger partial charge in [0.15, 0.2) is 6.61 Å². The van der Waals surface area contributed by atoms with Gasteiger partial charge >= 0.3 is 5.97 Å². The number of benzene rings is 1. The number of non-ortho nitro benzene ring substituents is 1. The maximum atomic E-state index is 11.7. The lowest BCUT2D eigenvalue weighted by molar-refractivity contribution is -0.384. The minimum atomic E-state index is -0.885. The maximum absolute atomic E-state index is 11.7. The molecule has 8 heteroatoms. The second-order valence-electron chi connectivity index (χ2n) is 3.79. The molecule has 1 aromatic carbocycles. The van der Waals surface area contributed by atoms with E-state index in [0.29, 0.717) is 0 Å². The minimum Gasteiger partial charge on any atom is -0.452 e. The molecule has 19 heavy (non-hydrogen) atoms. The van der Waals surface area contributed by atoms with Gasteiger partial charge in [0, 0.05) is 26.2 Å². The van der Waals surface area contributed by atoms with Gasteiger partial charge in [0.05, 0.1) is 15.5 Å². The Morgan fingerprint density at radius 2 is 2.05 bits per heavy atom. The summed E-state index contributed by atoms with van der Waals surface area (Å²) < 4.78 is 4.73. The van der Waals surface area contributed by atoms with Crippen LogP contribution in [-0.4, -0.2) is 42.4 Å². The number of halogens is 1. The van der Waals surface area contributed by atoms with Crippen LogP contribution in [-0.2, 0) is 9.53 Å². The van der Waals surface area contributed by atoms with Crippen LogP contribution in [0.25, 0.3) is 0 Å². The lowest BCUT2D eigenvalue weighted by atomic mass is 10.2. The van der Waals surface area contributed by atoms with Crippen molar-refractivity contribution in [3.63, 3.8) is 0 Å². The van der Waals surface area contributed by atoms with Crippen molar-refractivity contribution in [1.29, 1.82) is 0 Å². The van der Waals surface area contributed by atoms with Gasteiger partial charge < -0.3 is 9.64 Å². The lowest BCUT2D eigenvalue weighted by Gasteiger charge is -2.10. The Kier molecular flexibility index (Phi) is 4.82. The van der Waals surface area contributed by atoms with Crippen LogP contribution in [0.4, 0.5) is 5.69 Å². The van der Waals surface area contributed by atoms with Crippen molar-refractivity contribution in [2.75, 3.05) is 20.7 Å². The molecule has 0 atom stereocenters. The normalized spacial score (nSPS) is 9.84. The van der Waals surface area contributed by atoms with Gasteiger partial charge in [0.25, 0.3) is 11.6 Å². The Hall–Kier alpha value is -2.15. The standard InChI is InChI=1S/C11H11ClN2O5/c1-13(2)10(15)6-19-11(16)8-5-7(14(17)18)3-4-9(8)12/h3-5H,6H2,1-2H3. The van der Waals surface area contributed by atoms with E-state index in [2.05, 4.69) is 0 Å². The zero-order valence-electron chi connectivity index (χ0n) is 10.3. The molecule has 0 bridgehead atoms. The highest BCUT2D eigenvalue weighted by atomic mass is 35.5. The van der Waals surface area contributed by atoms with Crippen molar-refractivity contribution < 1.29 is 19.2 Å². The van der Waals surface area contributed by atoms with E-state index in [9.17, 15) is 19.7 Å². The summed E-state index contributed by atoms with van der Waals surface area (Å²) in [6.45, 7) is -0.454. The van der Waals surface area contributed by atoms with Crippen molar-refractivity contribution in [2.45, 2.75) is 0 Å². The fraction of sp³-hybridized carbons (Fsp3) is 0.273. The van der Waals surface area contributed by atoms with Gasteiger partial charge in [-0.05, 0) is 6.07 Å². The molecule has 1 rings (SSSR count). The van der Waals surface area contributed by atoms with Crippen LogP contribution in [0, 0.1) is 10.1 Å². The molecule has 0 saturated carbocycles. The molecule has 0 unspecified atom stereocenters. The van der Waals surface area contributed by atoms with Crippen LogP contribution >= 0.6 is 11.6 Å². The van der Waals surface area contributed by atoms with E-state index in [1.807, 2.05) is 0 Å². The summed E-state index contributed by atoms with van der Waals surface area (Å²) in [5, 5.41) is 10.6. The molecule has 0 fully saturated rings. The van der Waals surface area contributed by atoms with Crippen molar-refractivity contribution in [1.82, 2.24) is 4.90 Å². The molecule has 7 nitrogen and oxygen atoms in total. The van der Waals surface area contributed by atoms with Crippen molar-refractivity contribution in [3.8, 4) is 0 Å². The fourth-order valence-corrected chi connectivity index (χ4v) is 1.31. The first-order valence-corrected chi connectivity index (χ1v) is 5.52. The number of esters is 1. The number of likely N-dealkylation sites (N-methyl/N-ethyl adjacent to an activating group) is 1. The number of hydrogen-bond acceptors (Lipinski definition) is 5. The SMILES string of the molecule is CN(C)C(=O)COC(=O)c1cc([N+](=O)[O-])ccc1Cl. The van der Waals surface area contributed by atoms with E-state index in [-0.39, 0.29) is 16.3 Å². The average Bonchev–Trinajstić information content (AvgIpc) is 2.35. The van der Waals surface area contributed by atoms with Gasteiger partial charge in [0.2, 0.25) is 0 Å². The van der Waals surface area contributed by atoms with Gasteiger partial charge in [-0.3, -0.25) is 14.9 Å². The van der Waals surface area contributed by atoms with Crippen LogP contribution in [0.1, 0.15) is 10.4 Å². The third kappa shape index (κ3) is 3.92. The van der Waals surface area contributed by atoms with Crippen molar-refractivity contribution in [2.24, 2.45) is 0 Å². The largest absolute Gasteiger partial charge is 0.452 e. The van der Waals surface area contributed by atoms with Crippen LogP contribution in [0.5, 0.6) is 0 Å². The van der Waals surface area contributed by atoms with E-state index in [0.717, 1.165) is 6.07 Å². The number of amides is 1. The van der Waals surface area contributed by atoms with Crippen LogP contribution in [0.3, 0.4) is 0 Å². The van der Waals surface area contributed by atoms with Crippen LogP contribution in [0.2, 0.25) is 5.02 Å². The molecule has 0 radical (unpaired) electrons. The number of carbonyl (C=O) groups is 2. The number of carbonyl (C=O) groups excluding carboxylic acids is 2. The van der Waals surface area contributed by atoms with Crippen LogP contribution in [0.15, 0.2) is 18.2 Å². The third-order valence-corrected chi connectivity index (χ3v) is 2.54. The van der Waals surface area contributed by atoms with Crippen LogP contribution < -0.4 is 0 Å². The molecule has 0 aromatic heterocycles. The minimum absolute atomic E-state index is 0.0212. The predicted molar refractivity (Wildman–Crippen MR) is 67.1 cm³/mol. The molecular formula is C11H11ClN2O5. The summed E-state index contributed by atoms with van der Waals surface area (Å²) in [5.41, 5.74) is -0.433. The lowest BCUT2D eigenvalue weighted by Crippen LogP contribution is -2.27. The molecular weight excluding hydrogens is 276 g/mol. The number of nitrogens with zero attached hydrogens (tertiary/aromatic N) is 2. The summed E-state index contributed by atoms with van der Waals surface area (Å²) in [4.78, 5) is 34.1. The van der Waals surface area contributed by atoms with E-state index in [1.54, 1.807) is 0 Å².